The van der Waals surface area contributed by atoms with Crippen molar-refractivity contribution in [3.05, 3.63) is 100 Å². The van der Waals surface area contributed by atoms with Gasteiger partial charge in [-0.3, -0.25) is 0 Å². The van der Waals surface area contributed by atoms with Crippen LogP contribution in [0.4, 0.5) is 0 Å². The molecule has 28 heavy (non-hydrogen) atoms. The fraction of sp³-hybridized carbons (Fsp3) is 0.208. The number of carbonyl (C=O) groups excluding carboxylic acids is 1. The maximum Gasteiger partial charge on any atom is 0.134 e. The van der Waals surface area contributed by atoms with Crippen molar-refractivity contribution in [3.8, 4) is 0 Å². The van der Waals surface area contributed by atoms with Gasteiger partial charge < -0.3 is 14.3 Å². The lowest BCUT2D eigenvalue weighted by Crippen LogP contribution is -2.32. The number of carbonyl (C=O) groups is 1. The van der Waals surface area contributed by atoms with Crippen LogP contribution in [0.1, 0.15) is 16.0 Å². The molecule has 0 aliphatic heterocycles. The van der Waals surface area contributed by atoms with Crippen LogP contribution in [-0.4, -0.2) is 19.5 Å². The van der Waals surface area contributed by atoms with Gasteiger partial charge >= 0.3 is 0 Å². The van der Waals surface area contributed by atoms with Gasteiger partial charge in [0.2, 0.25) is 0 Å². The maximum absolute atomic E-state index is 12.1. The summed E-state index contributed by atoms with van der Waals surface area (Å²) in [5, 5.41) is 2.01. The third kappa shape index (κ3) is 6.27. The average Bonchev–Trinajstić information content (AvgIpc) is 3.27. The number of ether oxygens (including phenoxy) is 2. The van der Waals surface area contributed by atoms with Crippen molar-refractivity contribution >= 4 is 23.7 Å². The molecule has 3 aromatic rings. The Morgan fingerprint density at radius 3 is 1.82 bits per heavy atom. The molecule has 0 aliphatic rings. The third-order valence-electron chi connectivity index (χ3n) is 4.32. The van der Waals surface area contributed by atoms with E-state index in [0.29, 0.717) is 13.2 Å². The van der Waals surface area contributed by atoms with Crippen molar-refractivity contribution in [1.29, 1.82) is 0 Å². The maximum atomic E-state index is 12.1. The number of hydrogen-bond acceptors (Lipinski definition) is 4. The Kier molecular flexibility index (Phi) is 7.73. The quantitative estimate of drug-likeness (QED) is 0.411. The first-order valence-electron chi connectivity index (χ1n) is 9.22. The standard InChI is InChI=1S/C24H24O3S/c25-18-24(14-13-23-12-7-15-28-23,19-26-16-21-8-3-1-4-9-21)20-27-17-22-10-5-2-6-11-22/h1-15,18H,16-17,19-20H2/b14-13+. The van der Waals surface area contributed by atoms with Crippen LogP contribution in [0.25, 0.3) is 6.08 Å². The molecule has 144 valence electrons. The van der Waals surface area contributed by atoms with E-state index in [2.05, 4.69) is 0 Å². The second-order valence-corrected chi connectivity index (χ2v) is 7.64. The normalized spacial score (nSPS) is 11.7. The minimum absolute atomic E-state index is 0.266. The fourth-order valence-corrected chi connectivity index (χ4v) is 3.36. The smallest absolute Gasteiger partial charge is 0.134 e. The first kappa shape index (κ1) is 20.2. The highest BCUT2D eigenvalue weighted by molar-refractivity contribution is 7.10. The minimum atomic E-state index is -0.826. The third-order valence-corrected chi connectivity index (χ3v) is 5.16. The van der Waals surface area contributed by atoms with E-state index < -0.39 is 5.41 Å². The molecule has 0 bridgehead atoms. The summed E-state index contributed by atoms with van der Waals surface area (Å²) in [7, 11) is 0. The van der Waals surface area contributed by atoms with Gasteiger partial charge in [0.05, 0.1) is 31.8 Å². The molecule has 0 aliphatic carbocycles. The van der Waals surface area contributed by atoms with Crippen LogP contribution in [0, 0.1) is 5.41 Å². The number of hydrogen-bond donors (Lipinski definition) is 0. The van der Waals surface area contributed by atoms with Crippen molar-refractivity contribution in [2.24, 2.45) is 5.41 Å². The predicted molar refractivity (Wildman–Crippen MR) is 114 cm³/mol. The molecule has 0 N–H and O–H groups in total. The van der Waals surface area contributed by atoms with E-state index in [4.69, 9.17) is 9.47 Å². The number of thiophene rings is 1. The van der Waals surface area contributed by atoms with Gasteiger partial charge in [0.15, 0.2) is 0 Å². The molecule has 3 nitrogen and oxygen atoms in total. The molecular formula is C24H24O3S. The average molecular weight is 393 g/mol. The molecule has 0 radical (unpaired) electrons. The molecule has 1 aromatic heterocycles. The van der Waals surface area contributed by atoms with E-state index in [1.54, 1.807) is 11.3 Å². The summed E-state index contributed by atoms with van der Waals surface area (Å²) in [6.07, 6.45) is 4.81. The molecule has 0 spiro atoms. The van der Waals surface area contributed by atoms with Crippen LogP contribution < -0.4 is 0 Å². The Bertz CT molecular complexity index is 797. The second kappa shape index (κ2) is 10.7. The SMILES string of the molecule is O=CC(/C=C/c1cccs1)(COCc1ccccc1)COCc1ccccc1. The van der Waals surface area contributed by atoms with Crippen LogP contribution in [0.3, 0.4) is 0 Å². The van der Waals surface area contributed by atoms with Crippen LogP contribution in [0.15, 0.2) is 84.3 Å². The summed E-state index contributed by atoms with van der Waals surface area (Å²) in [4.78, 5) is 13.2. The molecule has 3 rings (SSSR count). The Balaban J connectivity index is 1.64. The van der Waals surface area contributed by atoms with Gasteiger partial charge in [0.1, 0.15) is 6.29 Å². The molecule has 0 saturated heterocycles. The molecule has 1 heterocycles. The number of aldehydes is 1. The molecule has 0 atom stereocenters. The second-order valence-electron chi connectivity index (χ2n) is 6.66. The zero-order valence-corrected chi connectivity index (χ0v) is 16.5. The van der Waals surface area contributed by atoms with E-state index in [1.807, 2.05) is 90.3 Å². The molecular weight excluding hydrogens is 368 g/mol. The zero-order chi connectivity index (χ0) is 19.5. The summed E-state index contributed by atoms with van der Waals surface area (Å²) >= 11 is 1.63. The van der Waals surface area contributed by atoms with E-state index >= 15 is 0 Å². The minimum Gasteiger partial charge on any atom is -0.375 e. The van der Waals surface area contributed by atoms with E-state index in [9.17, 15) is 4.79 Å². The number of rotatable bonds is 11. The summed E-state index contributed by atoms with van der Waals surface area (Å²) in [5.41, 5.74) is 1.33. The molecule has 0 saturated carbocycles. The van der Waals surface area contributed by atoms with Gasteiger partial charge in [-0.25, -0.2) is 0 Å². The molecule has 0 fully saturated rings. The van der Waals surface area contributed by atoms with Crippen molar-refractivity contribution in [1.82, 2.24) is 0 Å². The Hall–Kier alpha value is -2.53. The van der Waals surface area contributed by atoms with E-state index in [1.165, 1.54) is 0 Å². The van der Waals surface area contributed by atoms with Crippen molar-refractivity contribution in [2.45, 2.75) is 13.2 Å². The van der Waals surface area contributed by atoms with Crippen LogP contribution in [0.2, 0.25) is 0 Å². The van der Waals surface area contributed by atoms with Crippen molar-refractivity contribution < 1.29 is 14.3 Å². The van der Waals surface area contributed by atoms with Gasteiger partial charge in [-0.2, -0.15) is 0 Å². The Morgan fingerprint density at radius 2 is 1.36 bits per heavy atom. The molecule has 0 unspecified atom stereocenters. The summed E-state index contributed by atoms with van der Waals surface area (Å²) in [6.45, 7) is 1.45. The molecule has 4 heteroatoms. The predicted octanol–water partition coefficient (Wildman–Crippen LogP) is 5.38. The van der Waals surface area contributed by atoms with Gasteiger partial charge in [-0.05, 0) is 28.6 Å². The van der Waals surface area contributed by atoms with Gasteiger partial charge in [-0.1, -0.05) is 72.8 Å². The van der Waals surface area contributed by atoms with Crippen molar-refractivity contribution in [3.63, 3.8) is 0 Å². The monoisotopic (exact) mass is 392 g/mol. The summed E-state index contributed by atoms with van der Waals surface area (Å²) < 4.78 is 11.8. The van der Waals surface area contributed by atoms with Gasteiger partial charge in [0.25, 0.3) is 0 Å². The largest absolute Gasteiger partial charge is 0.375 e. The fourth-order valence-electron chi connectivity index (χ4n) is 2.75. The lowest BCUT2D eigenvalue weighted by molar-refractivity contribution is -0.121. The van der Waals surface area contributed by atoms with Gasteiger partial charge in [-0.15, -0.1) is 11.3 Å². The highest BCUT2D eigenvalue weighted by Crippen LogP contribution is 2.23. The lowest BCUT2D eigenvalue weighted by Gasteiger charge is -2.24. The molecule has 2 aromatic carbocycles. The van der Waals surface area contributed by atoms with Crippen LogP contribution in [0.5, 0.6) is 0 Å². The lowest BCUT2D eigenvalue weighted by atomic mass is 9.91. The highest BCUT2D eigenvalue weighted by Gasteiger charge is 2.28. The van der Waals surface area contributed by atoms with Crippen LogP contribution >= 0.6 is 11.3 Å². The van der Waals surface area contributed by atoms with Crippen LogP contribution in [-0.2, 0) is 27.5 Å². The molecule has 0 amide bonds. The topological polar surface area (TPSA) is 35.5 Å². The first-order valence-corrected chi connectivity index (χ1v) is 10.1. The first-order chi connectivity index (χ1) is 13.8. The summed E-state index contributed by atoms with van der Waals surface area (Å²) in [5.74, 6) is 0. The van der Waals surface area contributed by atoms with Gasteiger partial charge in [0, 0.05) is 4.88 Å². The van der Waals surface area contributed by atoms with Crippen molar-refractivity contribution in [2.75, 3.05) is 13.2 Å². The zero-order valence-electron chi connectivity index (χ0n) is 15.7. The number of benzene rings is 2. The summed E-state index contributed by atoms with van der Waals surface area (Å²) in [6, 6.07) is 23.9. The Labute approximate surface area is 170 Å². The van der Waals surface area contributed by atoms with E-state index in [0.717, 1.165) is 22.3 Å². The van der Waals surface area contributed by atoms with E-state index in [-0.39, 0.29) is 13.2 Å². The Morgan fingerprint density at radius 1 is 0.786 bits per heavy atom. The highest BCUT2D eigenvalue weighted by atomic mass is 32.1.